The van der Waals surface area contributed by atoms with E-state index in [9.17, 15) is 4.79 Å². The Balaban J connectivity index is 1.90. The van der Waals surface area contributed by atoms with E-state index in [-0.39, 0.29) is 11.9 Å². The third-order valence-electron chi connectivity index (χ3n) is 3.82. The maximum Gasteiger partial charge on any atom is 0.222 e. The molecule has 19 heavy (non-hydrogen) atoms. The number of hydrogen-bond donors (Lipinski definition) is 2. The van der Waals surface area contributed by atoms with Crippen LogP contribution in [0.3, 0.4) is 0 Å². The Morgan fingerprint density at radius 2 is 2.16 bits per heavy atom. The van der Waals surface area contributed by atoms with Gasteiger partial charge in [0.1, 0.15) is 0 Å². The van der Waals surface area contributed by atoms with E-state index in [0.29, 0.717) is 12.5 Å². The third kappa shape index (κ3) is 4.06. The summed E-state index contributed by atoms with van der Waals surface area (Å²) >= 11 is 0. The highest BCUT2D eigenvalue weighted by Gasteiger charge is 2.19. The highest BCUT2D eigenvalue weighted by molar-refractivity contribution is 5.77. The lowest BCUT2D eigenvalue weighted by Crippen LogP contribution is -2.34. The van der Waals surface area contributed by atoms with Gasteiger partial charge in [-0.2, -0.15) is 0 Å². The molecule has 3 nitrogen and oxygen atoms in total. The molecule has 1 heterocycles. The number of carbonyl (C=O) groups is 1. The molecule has 0 radical (unpaired) electrons. The molecule has 104 valence electrons. The molecule has 1 amide bonds. The zero-order valence-electron chi connectivity index (χ0n) is 11.9. The van der Waals surface area contributed by atoms with Gasteiger partial charge in [0.05, 0.1) is 6.04 Å². The highest BCUT2D eigenvalue weighted by Crippen LogP contribution is 2.18. The molecule has 0 aromatic heterocycles. The Morgan fingerprint density at radius 3 is 2.74 bits per heavy atom. The summed E-state index contributed by atoms with van der Waals surface area (Å²) in [5.74, 6) is 0.159. The van der Waals surface area contributed by atoms with Gasteiger partial charge in [-0.15, -0.1) is 0 Å². The van der Waals surface area contributed by atoms with Gasteiger partial charge in [-0.3, -0.25) is 4.79 Å². The zero-order valence-corrected chi connectivity index (χ0v) is 11.9. The van der Waals surface area contributed by atoms with Crippen molar-refractivity contribution >= 4 is 5.91 Å². The first-order chi connectivity index (χ1) is 9.19. The van der Waals surface area contributed by atoms with Gasteiger partial charge in [-0.1, -0.05) is 36.8 Å². The first-order valence-corrected chi connectivity index (χ1v) is 7.28. The fraction of sp³-hybridized carbons (Fsp3) is 0.562. The van der Waals surface area contributed by atoms with E-state index in [2.05, 4.69) is 48.7 Å². The molecule has 2 atom stereocenters. The molecule has 2 unspecified atom stereocenters. The van der Waals surface area contributed by atoms with Crippen molar-refractivity contribution in [3.05, 3.63) is 35.4 Å². The second-order valence-corrected chi connectivity index (χ2v) is 5.44. The van der Waals surface area contributed by atoms with Crippen LogP contribution in [-0.4, -0.2) is 18.5 Å². The van der Waals surface area contributed by atoms with Crippen LogP contribution in [0.15, 0.2) is 24.3 Å². The van der Waals surface area contributed by atoms with Crippen LogP contribution in [0.2, 0.25) is 0 Å². The first kappa shape index (κ1) is 14.1. The van der Waals surface area contributed by atoms with Crippen LogP contribution >= 0.6 is 0 Å². The van der Waals surface area contributed by atoms with Gasteiger partial charge < -0.3 is 10.6 Å². The van der Waals surface area contributed by atoms with E-state index in [4.69, 9.17) is 0 Å². The summed E-state index contributed by atoms with van der Waals surface area (Å²) < 4.78 is 0. The van der Waals surface area contributed by atoms with Gasteiger partial charge in [-0.25, -0.2) is 0 Å². The Labute approximate surface area is 115 Å². The summed E-state index contributed by atoms with van der Waals surface area (Å²) in [6.45, 7) is 5.24. The van der Waals surface area contributed by atoms with Crippen molar-refractivity contribution in [1.29, 1.82) is 0 Å². The van der Waals surface area contributed by atoms with Crippen molar-refractivity contribution in [3.8, 4) is 0 Å². The van der Waals surface area contributed by atoms with Crippen molar-refractivity contribution in [2.75, 3.05) is 6.54 Å². The van der Waals surface area contributed by atoms with E-state index in [1.165, 1.54) is 17.5 Å². The molecule has 0 aliphatic carbocycles. The lowest BCUT2D eigenvalue weighted by molar-refractivity contribution is -0.122. The number of rotatable bonds is 5. The molecule has 1 saturated heterocycles. The van der Waals surface area contributed by atoms with Crippen LogP contribution in [0, 0.1) is 6.92 Å². The lowest BCUT2D eigenvalue weighted by Gasteiger charge is -2.19. The summed E-state index contributed by atoms with van der Waals surface area (Å²) in [6.07, 6.45) is 3.83. The Hall–Kier alpha value is -1.35. The van der Waals surface area contributed by atoms with E-state index in [0.717, 1.165) is 19.4 Å². The molecule has 1 aliphatic rings. The molecule has 1 aliphatic heterocycles. The zero-order chi connectivity index (χ0) is 13.7. The summed E-state index contributed by atoms with van der Waals surface area (Å²) in [7, 11) is 0. The van der Waals surface area contributed by atoms with Crippen molar-refractivity contribution in [1.82, 2.24) is 10.6 Å². The summed E-state index contributed by atoms with van der Waals surface area (Å²) in [5, 5.41) is 6.52. The number of aryl methyl sites for hydroxylation is 1. The van der Waals surface area contributed by atoms with Crippen molar-refractivity contribution in [2.45, 2.75) is 51.6 Å². The van der Waals surface area contributed by atoms with Crippen LogP contribution in [0.4, 0.5) is 0 Å². The molecule has 1 aromatic rings. The van der Waals surface area contributed by atoms with Crippen LogP contribution in [0.1, 0.15) is 49.8 Å². The normalized spacial score (nSPS) is 20.2. The van der Waals surface area contributed by atoms with Gasteiger partial charge in [0.15, 0.2) is 0 Å². The van der Waals surface area contributed by atoms with Gasteiger partial charge >= 0.3 is 0 Å². The largest absolute Gasteiger partial charge is 0.349 e. The number of nitrogens with one attached hydrogen (secondary N) is 2. The summed E-state index contributed by atoms with van der Waals surface area (Å²) in [4.78, 5) is 12.1. The molecule has 2 N–H and O–H groups in total. The number of benzene rings is 1. The Kier molecular flexibility index (Phi) is 4.97. The smallest absolute Gasteiger partial charge is 0.222 e. The molecule has 0 bridgehead atoms. The monoisotopic (exact) mass is 260 g/mol. The quantitative estimate of drug-likeness (QED) is 0.854. The molecule has 0 spiro atoms. The van der Waals surface area contributed by atoms with Gasteiger partial charge in [0.25, 0.3) is 0 Å². The van der Waals surface area contributed by atoms with Gasteiger partial charge in [-0.05, 0) is 38.3 Å². The highest BCUT2D eigenvalue weighted by atomic mass is 16.1. The van der Waals surface area contributed by atoms with Crippen LogP contribution in [-0.2, 0) is 4.79 Å². The topological polar surface area (TPSA) is 41.1 Å². The van der Waals surface area contributed by atoms with Crippen molar-refractivity contribution < 1.29 is 4.79 Å². The molecule has 1 aromatic carbocycles. The number of carbonyl (C=O) groups excluding carboxylic acids is 1. The maximum absolute atomic E-state index is 12.1. The second kappa shape index (κ2) is 6.71. The minimum atomic E-state index is 0.134. The molecule has 0 saturated carbocycles. The predicted molar refractivity (Wildman–Crippen MR) is 78.0 cm³/mol. The molecular formula is C16H24N2O. The van der Waals surface area contributed by atoms with E-state index < -0.39 is 0 Å². The van der Waals surface area contributed by atoms with E-state index >= 15 is 0 Å². The van der Waals surface area contributed by atoms with Gasteiger partial charge in [0.2, 0.25) is 5.91 Å². The number of hydrogen-bond acceptors (Lipinski definition) is 2. The number of amides is 1. The maximum atomic E-state index is 12.1. The molecule has 2 rings (SSSR count). The minimum absolute atomic E-state index is 0.134. The summed E-state index contributed by atoms with van der Waals surface area (Å²) in [5.41, 5.74) is 2.45. The van der Waals surface area contributed by atoms with Crippen LogP contribution in [0.5, 0.6) is 0 Å². The standard InChI is InChI=1S/C16H24N2O/c1-3-15(13-8-6-12(2)7-9-13)18-16(19)11-14-5-4-10-17-14/h6-9,14-15,17H,3-5,10-11H2,1-2H3,(H,18,19). The average Bonchev–Trinajstić information content (AvgIpc) is 2.90. The fourth-order valence-corrected chi connectivity index (χ4v) is 2.63. The molecule has 3 heteroatoms. The second-order valence-electron chi connectivity index (χ2n) is 5.44. The Morgan fingerprint density at radius 1 is 1.42 bits per heavy atom. The Bertz CT molecular complexity index is 407. The SMILES string of the molecule is CCC(NC(=O)CC1CCCN1)c1ccc(C)cc1. The summed E-state index contributed by atoms with van der Waals surface area (Å²) in [6, 6.07) is 8.92. The fourth-order valence-electron chi connectivity index (χ4n) is 2.63. The first-order valence-electron chi connectivity index (χ1n) is 7.28. The van der Waals surface area contributed by atoms with E-state index in [1.807, 2.05) is 0 Å². The average molecular weight is 260 g/mol. The van der Waals surface area contributed by atoms with E-state index in [1.54, 1.807) is 0 Å². The minimum Gasteiger partial charge on any atom is -0.349 e. The predicted octanol–water partition coefficient (Wildman–Crippen LogP) is 2.70. The van der Waals surface area contributed by atoms with Crippen LogP contribution in [0.25, 0.3) is 0 Å². The van der Waals surface area contributed by atoms with Crippen molar-refractivity contribution in [2.24, 2.45) is 0 Å². The lowest BCUT2D eigenvalue weighted by atomic mass is 10.0. The molecule has 1 fully saturated rings. The molecular weight excluding hydrogens is 236 g/mol. The van der Waals surface area contributed by atoms with Crippen molar-refractivity contribution in [3.63, 3.8) is 0 Å². The third-order valence-corrected chi connectivity index (χ3v) is 3.82. The van der Waals surface area contributed by atoms with Crippen LogP contribution < -0.4 is 10.6 Å². The van der Waals surface area contributed by atoms with Gasteiger partial charge in [0, 0.05) is 12.5 Å².